The maximum atomic E-state index is 6.55. The van der Waals surface area contributed by atoms with Gasteiger partial charge in [0.1, 0.15) is 12.2 Å². The van der Waals surface area contributed by atoms with Gasteiger partial charge in [0.25, 0.3) is 0 Å². The first-order chi connectivity index (χ1) is 8.91. The molecule has 0 aliphatic heterocycles. The van der Waals surface area contributed by atoms with E-state index in [4.69, 9.17) is 11.6 Å². The van der Waals surface area contributed by atoms with E-state index in [1.54, 1.807) is 6.33 Å². The Kier molecular flexibility index (Phi) is 4.54. The number of nitrogens with zero attached hydrogens (tertiary/aromatic N) is 3. The van der Waals surface area contributed by atoms with Crippen LogP contribution in [0.4, 0.5) is 0 Å². The number of rotatable bonds is 3. The first-order valence-corrected chi connectivity index (χ1v) is 7.86. The van der Waals surface area contributed by atoms with Crippen molar-refractivity contribution in [2.24, 2.45) is 17.3 Å². The smallest absolute Gasteiger partial charge is 0.138 e. The van der Waals surface area contributed by atoms with Crippen LogP contribution < -0.4 is 0 Å². The Balaban J connectivity index is 2.06. The SMILES string of the molecule is CCn1ncnc1CC1CC(C(C)(C)C)CCC1Cl. The monoisotopic (exact) mass is 283 g/mol. The second-order valence-corrected chi connectivity index (χ2v) is 7.41. The van der Waals surface area contributed by atoms with Gasteiger partial charge in [-0.05, 0) is 43.4 Å². The van der Waals surface area contributed by atoms with E-state index in [1.165, 1.54) is 12.8 Å². The first kappa shape index (κ1) is 14.8. The molecule has 1 fully saturated rings. The van der Waals surface area contributed by atoms with Crippen LogP contribution in [0.5, 0.6) is 0 Å². The summed E-state index contributed by atoms with van der Waals surface area (Å²) < 4.78 is 1.99. The van der Waals surface area contributed by atoms with Gasteiger partial charge in [-0.15, -0.1) is 11.6 Å². The van der Waals surface area contributed by atoms with Crippen LogP contribution in [-0.2, 0) is 13.0 Å². The third-order valence-electron chi connectivity index (χ3n) is 4.55. The van der Waals surface area contributed by atoms with Crippen LogP contribution in [0.1, 0.15) is 52.8 Å². The zero-order valence-corrected chi connectivity index (χ0v) is 13.3. The maximum absolute atomic E-state index is 6.55. The van der Waals surface area contributed by atoms with Gasteiger partial charge >= 0.3 is 0 Å². The molecule has 3 atom stereocenters. The normalized spacial score (nSPS) is 28.6. The molecule has 3 nitrogen and oxygen atoms in total. The van der Waals surface area contributed by atoms with E-state index < -0.39 is 0 Å². The quantitative estimate of drug-likeness (QED) is 0.788. The number of alkyl halides is 1. The van der Waals surface area contributed by atoms with Crippen molar-refractivity contribution in [3.63, 3.8) is 0 Å². The van der Waals surface area contributed by atoms with Crippen molar-refractivity contribution < 1.29 is 0 Å². The zero-order valence-electron chi connectivity index (χ0n) is 12.6. The Morgan fingerprint density at radius 3 is 2.74 bits per heavy atom. The van der Waals surface area contributed by atoms with Crippen molar-refractivity contribution in [2.45, 2.75) is 65.3 Å². The van der Waals surface area contributed by atoms with E-state index in [0.29, 0.717) is 16.7 Å². The van der Waals surface area contributed by atoms with Crippen molar-refractivity contribution in [1.82, 2.24) is 14.8 Å². The van der Waals surface area contributed by atoms with Crippen molar-refractivity contribution >= 4 is 11.6 Å². The molecule has 1 aliphatic rings. The van der Waals surface area contributed by atoms with Gasteiger partial charge in [0, 0.05) is 18.3 Å². The summed E-state index contributed by atoms with van der Waals surface area (Å²) in [6.45, 7) is 10.0. The minimum atomic E-state index is 0.292. The molecular weight excluding hydrogens is 258 g/mol. The van der Waals surface area contributed by atoms with E-state index in [0.717, 1.165) is 31.1 Å². The summed E-state index contributed by atoms with van der Waals surface area (Å²) in [4.78, 5) is 4.40. The maximum Gasteiger partial charge on any atom is 0.138 e. The van der Waals surface area contributed by atoms with Crippen LogP contribution in [0.15, 0.2) is 6.33 Å². The van der Waals surface area contributed by atoms with Gasteiger partial charge in [-0.25, -0.2) is 4.98 Å². The molecule has 1 aromatic heterocycles. The summed E-state index contributed by atoms with van der Waals surface area (Å²) in [5.74, 6) is 2.40. The number of halogens is 1. The Labute approximate surface area is 121 Å². The molecule has 0 aromatic carbocycles. The molecule has 1 heterocycles. The molecule has 1 saturated carbocycles. The Morgan fingerprint density at radius 2 is 2.11 bits per heavy atom. The topological polar surface area (TPSA) is 30.7 Å². The highest BCUT2D eigenvalue weighted by atomic mass is 35.5. The largest absolute Gasteiger partial charge is 0.250 e. The number of aromatic nitrogens is 3. The average molecular weight is 284 g/mol. The third-order valence-corrected chi connectivity index (χ3v) is 5.13. The van der Waals surface area contributed by atoms with Gasteiger partial charge in [0.2, 0.25) is 0 Å². The number of hydrogen-bond acceptors (Lipinski definition) is 2. The second kappa shape index (κ2) is 5.82. The summed E-state index contributed by atoms with van der Waals surface area (Å²) in [6.07, 6.45) is 6.23. The van der Waals surface area contributed by atoms with Gasteiger partial charge in [-0.3, -0.25) is 4.68 Å². The number of hydrogen-bond donors (Lipinski definition) is 0. The summed E-state index contributed by atoms with van der Waals surface area (Å²) >= 11 is 6.55. The summed E-state index contributed by atoms with van der Waals surface area (Å²) in [6, 6.07) is 0. The summed E-state index contributed by atoms with van der Waals surface area (Å²) in [5.41, 5.74) is 0.383. The van der Waals surface area contributed by atoms with Gasteiger partial charge < -0.3 is 0 Å². The zero-order chi connectivity index (χ0) is 14.0. The Hall–Kier alpha value is -0.570. The predicted molar refractivity (Wildman–Crippen MR) is 79.3 cm³/mol. The van der Waals surface area contributed by atoms with Crippen LogP contribution in [0.25, 0.3) is 0 Å². The molecule has 0 saturated heterocycles. The molecule has 4 heteroatoms. The lowest BCUT2D eigenvalue weighted by Gasteiger charge is -2.39. The Bertz CT molecular complexity index is 408. The highest BCUT2D eigenvalue weighted by Gasteiger charge is 2.35. The third kappa shape index (κ3) is 3.50. The van der Waals surface area contributed by atoms with Gasteiger partial charge in [-0.1, -0.05) is 20.8 Å². The molecule has 0 amide bonds. The summed E-state index contributed by atoms with van der Waals surface area (Å²) in [7, 11) is 0. The highest BCUT2D eigenvalue weighted by molar-refractivity contribution is 6.20. The molecule has 19 heavy (non-hydrogen) atoms. The second-order valence-electron chi connectivity index (χ2n) is 6.85. The minimum Gasteiger partial charge on any atom is -0.250 e. The lowest BCUT2D eigenvalue weighted by atomic mass is 9.68. The summed E-state index contributed by atoms with van der Waals surface area (Å²) in [5, 5.41) is 4.55. The van der Waals surface area contributed by atoms with E-state index in [-0.39, 0.29) is 0 Å². The minimum absolute atomic E-state index is 0.292. The molecular formula is C15H26ClN3. The van der Waals surface area contributed by atoms with Gasteiger partial charge in [0.15, 0.2) is 0 Å². The Morgan fingerprint density at radius 1 is 1.37 bits per heavy atom. The highest BCUT2D eigenvalue weighted by Crippen LogP contribution is 2.42. The molecule has 0 radical (unpaired) electrons. The predicted octanol–water partition coefficient (Wildman–Crippen LogP) is 3.91. The van der Waals surface area contributed by atoms with E-state index in [1.807, 2.05) is 4.68 Å². The van der Waals surface area contributed by atoms with E-state index in [2.05, 4.69) is 37.8 Å². The average Bonchev–Trinajstić information content (AvgIpc) is 2.77. The van der Waals surface area contributed by atoms with Crippen LogP contribution in [0, 0.1) is 17.3 Å². The van der Waals surface area contributed by atoms with Crippen molar-refractivity contribution in [2.75, 3.05) is 0 Å². The molecule has 0 N–H and O–H groups in total. The van der Waals surface area contributed by atoms with E-state index >= 15 is 0 Å². The van der Waals surface area contributed by atoms with Crippen LogP contribution in [-0.4, -0.2) is 20.1 Å². The fraction of sp³-hybridized carbons (Fsp3) is 0.867. The van der Waals surface area contributed by atoms with Gasteiger partial charge in [0.05, 0.1) is 0 Å². The fourth-order valence-electron chi connectivity index (χ4n) is 3.17. The molecule has 108 valence electrons. The lowest BCUT2D eigenvalue weighted by molar-refractivity contribution is 0.142. The molecule has 2 rings (SSSR count). The molecule has 0 bridgehead atoms. The van der Waals surface area contributed by atoms with Crippen LogP contribution in [0.3, 0.4) is 0 Å². The van der Waals surface area contributed by atoms with E-state index in [9.17, 15) is 0 Å². The van der Waals surface area contributed by atoms with Crippen molar-refractivity contribution in [3.8, 4) is 0 Å². The fourth-order valence-corrected chi connectivity index (χ4v) is 3.49. The van der Waals surface area contributed by atoms with Crippen LogP contribution in [0.2, 0.25) is 0 Å². The molecule has 1 aromatic rings. The number of aryl methyl sites for hydroxylation is 1. The molecule has 0 spiro atoms. The lowest BCUT2D eigenvalue weighted by Crippen LogP contribution is -2.33. The molecule has 3 unspecified atom stereocenters. The van der Waals surface area contributed by atoms with Crippen molar-refractivity contribution in [3.05, 3.63) is 12.2 Å². The molecule has 1 aliphatic carbocycles. The van der Waals surface area contributed by atoms with Crippen molar-refractivity contribution in [1.29, 1.82) is 0 Å². The van der Waals surface area contributed by atoms with Gasteiger partial charge in [-0.2, -0.15) is 5.10 Å². The standard InChI is InChI=1S/C15H26ClN3/c1-5-19-14(17-10-18-19)9-11-8-12(15(2,3)4)6-7-13(11)16/h10-13H,5-9H2,1-4H3. The first-order valence-electron chi connectivity index (χ1n) is 7.42. The van der Waals surface area contributed by atoms with Crippen LogP contribution >= 0.6 is 11.6 Å².